The molecule has 0 radical (unpaired) electrons. The fourth-order valence-electron chi connectivity index (χ4n) is 1.66. The Labute approximate surface area is 115 Å². The van der Waals surface area contributed by atoms with Gasteiger partial charge in [-0.25, -0.2) is 13.9 Å². The number of ether oxygens (including phenoxy) is 1. The Bertz CT molecular complexity index is 694. The van der Waals surface area contributed by atoms with Gasteiger partial charge in [-0.3, -0.25) is 0 Å². The Morgan fingerprint density at radius 2 is 2.05 bits per heavy atom. The second-order valence-electron chi connectivity index (χ2n) is 4.01. The molecule has 0 saturated heterocycles. The molecule has 0 saturated carbocycles. The van der Waals surface area contributed by atoms with Gasteiger partial charge in [0.25, 0.3) is 0 Å². The molecule has 0 fully saturated rings. The molecule has 2 aromatic rings. The van der Waals surface area contributed by atoms with E-state index in [9.17, 15) is 22.4 Å². The highest BCUT2D eigenvalue weighted by atomic mass is 19.4. The number of rotatable bonds is 3. The van der Waals surface area contributed by atoms with Crippen LogP contribution in [0.3, 0.4) is 0 Å². The number of nitrogens with zero attached hydrogens (tertiary/aromatic N) is 2. The molecular weight excluding hydrogens is 296 g/mol. The summed E-state index contributed by atoms with van der Waals surface area (Å²) in [4.78, 5) is 11.1. The van der Waals surface area contributed by atoms with Crippen LogP contribution >= 0.6 is 0 Å². The summed E-state index contributed by atoms with van der Waals surface area (Å²) in [7, 11) is 1.09. The second kappa shape index (κ2) is 5.08. The Kier molecular flexibility index (Phi) is 3.58. The average molecular weight is 304 g/mol. The number of carboxylic acid groups (broad SMARTS) is 1. The Hall–Kier alpha value is -2.58. The van der Waals surface area contributed by atoms with Gasteiger partial charge in [-0.15, -0.1) is 0 Å². The van der Waals surface area contributed by atoms with Crippen molar-refractivity contribution in [2.24, 2.45) is 7.05 Å². The molecule has 0 spiro atoms. The number of alkyl halides is 3. The minimum absolute atomic E-state index is 0.144. The van der Waals surface area contributed by atoms with Gasteiger partial charge < -0.3 is 9.84 Å². The summed E-state index contributed by atoms with van der Waals surface area (Å²) in [6.07, 6.45) is -4.95. The van der Waals surface area contributed by atoms with Crippen LogP contribution < -0.4 is 4.74 Å². The third-order valence-corrected chi connectivity index (χ3v) is 2.49. The number of carbonyl (C=O) groups is 1. The van der Waals surface area contributed by atoms with Gasteiger partial charge in [0, 0.05) is 13.1 Å². The maximum Gasteiger partial charge on any atom is 0.436 e. The molecule has 0 amide bonds. The summed E-state index contributed by atoms with van der Waals surface area (Å²) >= 11 is 0. The van der Waals surface area contributed by atoms with Crippen molar-refractivity contribution in [3.05, 3.63) is 41.3 Å². The number of carboxylic acids is 1. The van der Waals surface area contributed by atoms with Crippen LogP contribution in [0.4, 0.5) is 17.6 Å². The Morgan fingerprint density at radius 1 is 1.38 bits per heavy atom. The third-order valence-electron chi connectivity index (χ3n) is 2.49. The van der Waals surface area contributed by atoms with Crippen molar-refractivity contribution in [1.82, 2.24) is 9.78 Å². The molecule has 0 aliphatic carbocycles. The van der Waals surface area contributed by atoms with Crippen LogP contribution in [0.2, 0.25) is 0 Å². The van der Waals surface area contributed by atoms with Crippen molar-refractivity contribution in [2.45, 2.75) is 6.18 Å². The van der Waals surface area contributed by atoms with E-state index >= 15 is 0 Å². The molecular formula is C12H8F4N2O3. The van der Waals surface area contributed by atoms with Crippen LogP contribution in [0, 0.1) is 5.82 Å². The highest BCUT2D eigenvalue weighted by Gasteiger charge is 2.42. The average Bonchev–Trinajstić information content (AvgIpc) is 2.67. The zero-order chi connectivity index (χ0) is 15.8. The first kappa shape index (κ1) is 14.8. The van der Waals surface area contributed by atoms with E-state index in [1.165, 1.54) is 12.1 Å². The summed E-state index contributed by atoms with van der Waals surface area (Å²) in [5.74, 6) is -3.31. The zero-order valence-electron chi connectivity index (χ0n) is 10.5. The number of benzene rings is 1. The minimum Gasteiger partial charge on any atom is -0.477 e. The van der Waals surface area contributed by atoms with E-state index in [0.29, 0.717) is 4.68 Å². The van der Waals surface area contributed by atoms with Crippen molar-refractivity contribution in [2.75, 3.05) is 0 Å². The quantitative estimate of drug-likeness (QED) is 0.885. The highest BCUT2D eigenvalue weighted by Crippen LogP contribution is 2.36. The van der Waals surface area contributed by atoms with Crippen LogP contribution in [0.25, 0.3) is 0 Å². The van der Waals surface area contributed by atoms with Gasteiger partial charge in [0.15, 0.2) is 11.3 Å². The summed E-state index contributed by atoms with van der Waals surface area (Å²) in [6.45, 7) is 0. The summed E-state index contributed by atoms with van der Waals surface area (Å²) in [5, 5.41) is 12.1. The molecule has 1 N–H and O–H groups in total. The fourth-order valence-corrected chi connectivity index (χ4v) is 1.66. The van der Waals surface area contributed by atoms with Gasteiger partial charge in [-0.05, 0) is 12.1 Å². The van der Waals surface area contributed by atoms with E-state index in [2.05, 4.69) is 5.10 Å². The summed E-state index contributed by atoms with van der Waals surface area (Å²) in [6, 6.07) is 4.56. The first-order chi connectivity index (χ1) is 9.70. The van der Waals surface area contributed by atoms with Crippen LogP contribution in [0.5, 0.6) is 11.6 Å². The van der Waals surface area contributed by atoms with Crippen molar-refractivity contribution in [3.8, 4) is 11.6 Å². The lowest BCUT2D eigenvalue weighted by Gasteiger charge is -2.07. The summed E-state index contributed by atoms with van der Waals surface area (Å²) in [5.41, 5.74) is -2.71. The number of hydrogen-bond donors (Lipinski definition) is 1. The number of aromatic carboxylic acids is 1. The fraction of sp³-hybridized carbons (Fsp3) is 0.167. The van der Waals surface area contributed by atoms with Crippen molar-refractivity contribution < 1.29 is 32.2 Å². The lowest BCUT2D eigenvalue weighted by Crippen LogP contribution is -2.12. The molecule has 9 heteroatoms. The van der Waals surface area contributed by atoms with E-state index in [0.717, 1.165) is 19.2 Å². The van der Waals surface area contributed by atoms with Crippen molar-refractivity contribution >= 4 is 5.97 Å². The zero-order valence-corrected chi connectivity index (χ0v) is 10.5. The molecule has 5 nitrogen and oxygen atoms in total. The van der Waals surface area contributed by atoms with E-state index in [1.807, 2.05) is 0 Å². The lowest BCUT2D eigenvalue weighted by atomic mass is 10.2. The maximum absolute atomic E-state index is 13.0. The molecule has 1 aromatic carbocycles. The normalized spacial score (nSPS) is 11.5. The standard InChI is InChI=1S/C12H8F4N2O3/c1-18-10(21-7-4-2-3-6(13)5-7)8(11(19)20)9(17-18)12(14,15)16/h2-5H,1H3,(H,19,20). The number of aromatic nitrogens is 2. The van der Waals surface area contributed by atoms with Crippen molar-refractivity contribution in [3.63, 3.8) is 0 Å². The molecule has 0 aliphatic rings. The topological polar surface area (TPSA) is 64.4 Å². The van der Waals surface area contributed by atoms with E-state index < -0.39 is 35.1 Å². The molecule has 0 aliphatic heterocycles. The smallest absolute Gasteiger partial charge is 0.436 e. The second-order valence-corrected chi connectivity index (χ2v) is 4.01. The van der Waals surface area contributed by atoms with Gasteiger partial charge >= 0.3 is 12.1 Å². The molecule has 0 unspecified atom stereocenters. The van der Waals surface area contributed by atoms with E-state index in [4.69, 9.17) is 9.84 Å². The van der Waals surface area contributed by atoms with Crippen LogP contribution in [-0.4, -0.2) is 20.9 Å². The molecule has 1 aromatic heterocycles. The number of aryl methyl sites for hydroxylation is 1. The first-order valence-electron chi connectivity index (χ1n) is 5.51. The number of halogens is 4. The predicted molar refractivity (Wildman–Crippen MR) is 61.6 cm³/mol. The third kappa shape index (κ3) is 2.96. The van der Waals surface area contributed by atoms with Gasteiger partial charge in [-0.2, -0.15) is 18.3 Å². The van der Waals surface area contributed by atoms with Gasteiger partial charge in [0.2, 0.25) is 5.88 Å². The lowest BCUT2D eigenvalue weighted by molar-refractivity contribution is -0.141. The van der Waals surface area contributed by atoms with Gasteiger partial charge in [0.1, 0.15) is 11.6 Å². The van der Waals surface area contributed by atoms with E-state index in [1.54, 1.807) is 0 Å². The molecule has 1 heterocycles. The SMILES string of the molecule is Cn1nc(C(F)(F)F)c(C(=O)O)c1Oc1cccc(F)c1. The van der Waals surface area contributed by atoms with Crippen LogP contribution in [-0.2, 0) is 13.2 Å². The van der Waals surface area contributed by atoms with Crippen molar-refractivity contribution in [1.29, 1.82) is 0 Å². The van der Waals surface area contributed by atoms with Gasteiger partial charge in [-0.1, -0.05) is 6.07 Å². The minimum atomic E-state index is -4.95. The molecule has 21 heavy (non-hydrogen) atoms. The van der Waals surface area contributed by atoms with E-state index in [-0.39, 0.29) is 5.75 Å². The van der Waals surface area contributed by atoms with Crippen LogP contribution in [0.15, 0.2) is 24.3 Å². The molecule has 0 atom stereocenters. The largest absolute Gasteiger partial charge is 0.477 e. The molecule has 0 bridgehead atoms. The summed E-state index contributed by atoms with van der Waals surface area (Å²) < 4.78 is 56.9. The molecule has 2 rings (SSSR count). The Balaban J connectivity index is 2.53. The predicted octanol–water partition coefficient (Wildman–Crippen LogP) is 3.07. The maximum atomic E-state index is 13.0. The number of hydrogen-bond acceptors (Lipinski definition) is 3. The Morgan fingerprint density at radius 3 is 2.57 bits per heavy atom. The van der Waals surface area contributed by atoms with Crippen LogP contribution in [0.1, 0.15) is 16.1 Å². The first-order valence-corrected chi connectivity index (χ1v) is 5.51. The van der Waals surface area contributed by atoms with Gasteiger partial charge in [0.05, 0.1) is 0 Å². The molecule has 112 valence electrons. The highest BCUT2D eigenvalue weighted by molar-refractivity contribution is 5.92. The monoisotopic (exact) mass is 304 g/mol.